The van der Waals surface area contributed by atoms with Crippen molar-refractivity contribution >= 4 is 6.02 Å². The second kappa shape index (κ2) is 4.55. The third-order valence-corrected chi connectivity index (χ3v) is 4.33. The summed E-state index contributed by atoms with van der Waals surface area (Å²) in [6.07, 6.45) is 8.03. The highest BCUT2D eigenvalue weighted by Gasteiger charge is 2.40. The smallest absolute Gasteiger partial charge is 0.282 e. The van der Waals surface area contributed by atoms with Gasteiger partial charge in [-0.25, -0.2) is 15.0 Å². The summed E-state index contributed by atoms with van der Waals surface area (Å²) >= 11 is 0. The van der Waals surface area contributed by atoms with E-state index in [9.17, 15) is 0 Å². The summed E-state index contributed by atoms with van der Waals surface area (Å²) < 4.78 is 5.80. The topological polar surface area (TPSA) is 73.4 Å². The first-order chi connectivity index (χ1) is 10.3. The van der Waals surface area contributed by atoms with Gasteiger partial charge in [-0.05, 0) is 29.5 Å². The lowest BCUT2D eigenvalue weighted by Gasteiger charge is -2.34. The van der Waals surface area contributed by atoms with Gasteiger partial charge in [-0.15, -0.1) is 0 Å². The molecule has 0 saturated heterocycles. The first-order valence-electron chi connectivity index (χ1n) is 7.11. The molecule has 5 heteroatoms. The van der Waals surface area contributed by atoms with E-state index in [2.05, 4.69) is 33.2 Å². The Morgan fingerprint density at radius 2 is 2.05 bits per heavy atom. The van der Waals surface area contributed by atoms with E-state index in [4.69, 9.17) is 10.5 Å². The Kier molecular flexibility index (Phi) is 2.67. The monoisotopic (exact) mass is 280 g/mol. The Bertz CT molecular complexity index is 713. The Morgan fingerprint density at radius 3 is 2.81 bits per heavy atom. The first kappa shape index (κ1) is 12.3. The molecule has 2 aromatic rings. The fourth-order valence-corrected chi connectivity index (χ4v) is 3.32. The largest absolute Gasteiger partial charge is 0.456 e. The molecule has 0 radical (unpaired) electrons. The third-order valence-electron chi connectivity index (χ3n) is 4.33. The van der Waals surface area contributed by atoms with E-state index in [-0.39, 0.29) is 5.60 Å². The van der Waals surface area contributed by atoms with E-state index in [0.29, 0.717) is 12.6 Å². The summed E-state index contributed by atoms with van der Waals surface area (Å²) in [4.78, 5) is 12.5. The van der Waals surface area contributed by atoms with E-state index in [1.54, 1.807) is 6.33 Å². The number of amidine groups is 1. The minimum absolute atomic E-state index is 0.233. The molecule has 0 bridgehead atoms. The van der Waals surface area contributed by atoms with Crippen LogP contribution >= 0.6 is 0 Å². The zero-order valence-electron chi connectivity index (χ0n) is 11.6. The summed E-state index contributed by atoms with van der Waals surface area (Å²) in [7, 11) is 0. The van der Waals surface area contributed by atoms with E-state index in [1.165, 1.54) is 16.7 Å². The molecule has 1 atom stereocenters. The highest BCUT2D eigenvalue weighted by atomic mass is 16.5. The highest BCUT2D eigenvalue weighted by Crippen LogP contribution is 2.38. The van der Waals surface area contributed by atoms with Crippen molar-refractivity contribution in [1.29, 1.82) is 0 Å². The summed E-state index contributed by atoms with van der Waals surface area (Å²) in [6.45, 7) is 0.664. The van der Waals surface area contributed by atoms with Crippen LogP contribution in [-0.2, 0) is 17.6 Å². The van der Waals surface area contributed by atoms with Crippen molar-refractivity contribution in [2.24, 2.45) is 10.7 Å². The molecule has 106 valence electrons. The lowest BCUT2D eigenvalue weighted by atomic mass is 9.78. The van der Waals surface area contributed by atoms with Crippen LogP contribution in [0.5, 0.6) is 0 Å². The number of rotatable bonds is 1. The normalized spacial score (nSPS) is 23.5. The molecular formula is C16H16N4O. The minimum atomic E-state index is -0.233. The maximum absolute atomic E-state index is 5.80. The second-order valence-electron chi connectivity index (χ2n) is 5.69. The lowest BCUT2D eigenvalue weighted by Crippen LogP contribution is -2.40. The maximum Gasteiger partial charge on any atom is 0.282 e. The molecular weight excluding hydrogens is 264 g/mol. The van der Waals surface area contributed by atoms with Crippen LogP contribution in [0.1, 0.15) is 17.5 Å². The van der Waals surface area contributed by atoms with Crippen molar-refractivity contribution in [3.8, 4) is 11.1 Å². The van der Waals surface area contributed by atoms with Gasteiger partial charge in [0.2, 0.25) is 0 Å². The molecule has 0 saturated carbocycles. The van der Waals surface area contributed by atoms with Crippen molar-refractivity contribution in [2.45, 2.75) is 24.9 Å². The first-order valence-corrected chi connectivity index (χ1v) is 7.11. The van der Waals surface area contributed by atoms with Gasteiger partial charge < -0.3 is 10.5 Å². The van der Waals surface area contributed by atoms with E-state index >= 15 is 0 Å². The number of benzene rings is 1. The molecule has 2 N–H and O–H groups in total. The Morgan fingerprint density at radius 1 is 1.19 bits per heavy atom. The van der Waals surface area contributed by atoms with Crippen molar-refractivity contribution < 1.29 is 4.74 Å². The average Bonchev–Trinajstić information content (AvgIpc) is 2.88. The van der Waals surface area contributed by atoms with E-state index in [0.717, 1.165) is 24.8 Å². The predicted molar refractivity (Wildman–Crippen MR) is 79.8 cm³/mol. The molecule has 1 aromatic heterocycles. The molecule has 0 amide bonds. The zero-order chi connectivity index (χ0) is 14.3. The van der Waals surface area contributed by atoms with Gasteiger partial charge in [-0.2, -0.15) is 0 Å². The van der Waals surface area contributed by atoms with Gasteiger partial charge in [0.15, 0.2) is 0 Å². The fraction of sp³-hybridized carbons (Fsp3) is 0.312. The number of nitrogens with two attached hydrogens (primary N) is 1. The molecule has 21 heavy (non-hydrogen) atoms. The summed E-state index contributed by atoms with van der Waals surface area (Å²) in [5.41, 5.74) is 10.4. The standard InChI is InChI=1S/C16H16N4O/c17-15-20-9-16(21-15)5-4-14-11(6-16)2-1-3-13(14)12-7-18-10-19-8-12/h1-3,7-8,10H,4-6,9H2,(H2,17,20)/t16-/m0/s1. The average molecular weight is 280 g/mol. The van der Waals surface area contributed by atoms with Gasteiger partial charge in [0, 0.05) is 24.4 Å². The Labute approximate surface area is 122 Å². The molecule has 1 aromatic carbocycles. The molecule has 4 rings (SSSR count). The van der Waals surface area contributed by atoms with E-state index < -0.39 is 0 Å². The number of ether oxygens (including phenoxy) is 1. The van der Waals surface area contributed by atoms with Crippen LogP contribution in [-0.4, -0.2) is 28.1 Å². The molecule has 2 heterocycles. The second-order valence-corrected chi connectivity index (χ2v) is 5.69. The molecule has 0 fully saturated rings. The van der Waals surface area contributed by atoms with Crippen LogP contribution < -0.4 is 5.73 Å². The SMILES string of the molecule is NC1=NC[C@@]2(CCc3c(cccc3-c3cncnc3)C2)O1. The minimum Gasteiger partial charge on any atom is -0.456 e. The number of nitrogens with zero attached hydrogens (tertiary/aromatic N) is 3. The van der Waals surface area contributed by atoms with Crippen LogP contribution in [0.4, 0.5) is 0 Å². The van der Waals surface area contributed by atoms with Crippen LogP contribution in [0.3, 0.4) is 0 Å². The van der Waals surface area contributed by atoms with Gasteiger partial charge in [-0.1, -0.05) is 18.2 Å². The third kappa shape index (κ3) is 2.05. The van der Waals surface area contributed by atoms with Crippen LogP contribution in [0.2, 0.25) is 0 Å². The molecule has 1 aliphatic heterocycles. The summed E-state index contributed by atoms with van der Waals surface area (Å²) in [5, 5.41) is 0. The molecule has 5 nitrogen and oxygen atoms in total. The quantitative estimate of drug-likeness (QED) is 0.863. The molecule has 2 aliphatic rings. The van der Waals surface area contributed by atoms with Crippen molar-refractivity contribution in [2.75, 3.05) is 6.54 Å². The number of aromatic nitrogens is 2. The van der Waals surface area contributed by atoms with Crippen LogP contribution in [0.25, 0.3) is 11.1 Å². The molecule has 1 spiro atoms. The molecule has 0 unspecified atom stereocenters. The van der Waals surface area contributed by atoms with Crippen molar-refractivity contribution in [3.05, 3.63) is 48.0 Å². The summed E-state index contributed by atoms with van der Waals surface area (Å²) in [5.74, 6) is 0. The number of aliphatic imine (C=N–C) groups is 1. The van der Waals surface area contributed by atoms with E-state index in [1.807, 2.05) is 12.4 Å². The number of fused-ring (bicyclic) bond motifs is 1. The zero-order valence-corrected chi connectivity index (χ0v) is 11.6. The van der Waals surface area contributed by atoms with Crippen molar-refractivity contribution in [3.63, 3.8) is 0 Å². The van der Waals surface area contributed by atoms with Crippen LogP contribution in [0, 0.1) is 0 Å². The Balaban J connectivity index is 1.72. The number of hydrogen-bond acceptors (Lipinski definition) is 5. The van der Waals surface area contributed by atoms with Gasteiger partial charge >= 0.3 is 0 Å². The van der Waals surface area contributed by atoms with Crippen LogP contribution in [0.15, 0.2) is 41.9 Å². The predicted octanol–water partition coefficient (Wildman–Crippen LogP) is 1.72. The fourth-order valence-electron chi connectivity index (χ4n) is 3.32. The maximum atomic E-state index is 5.80. The van der Waals surface area contributed by atoms with Gasteiger partial charge in [0.1, 0.15) is 11.9 Å². The lowest BCUT2D eigenvalue weighted by molar-refractivity contribution is 0.0704. The van der Waals surface area contributed by atoms with Gasteiger partial charge in [0.05, 0.1) is 6.54 Å². The number of hydrogen-bond donors (Lipinski definition) is 1. The highest BCUT2D eigenvalue weighted by molar-refractivity contribution is 5.74. The van der Waals surface area contributed by atoms with Gasteiger partial charge in [0.25, 0.3) is 6.02 Å². The summed E-state index contributed by atoms with van der Waals surface area (Å²) in [6, 6.07) is 6.71. The van der Waals surface area contributed by atoms with Gasteiger partial charge in [-0.3, -0.25) is 0 Å². The van der Waals surface area contributed by atoms with Crippen molar-refractivity contribution in [1.82, 2.24) is 9.97 Å². The molecule has 1 aliphatic carbocycles. The Hall–Kier alpha value is -2.43.